The maximum atomic E-state index is 12.4. The van der Waals surface area contributed by atoms with E-state index in [1.807, 2.05) is 12.1 Å². The molecular weight excluding hydrogens is 330 g/mol. The summed E-state index contributed by atoms with van der Waals surface area (Å²) in [4.78, 5) is 12.3. The van der Waals surface area contributed by atoms with Crippen molar-refractivity contribution >= 4 is 27.1 Å². The van der Waals surface area contributed by atoms with Gasteiger partial charge in [0.05, 0.1) is 9.82 Å². The minimum atomic E-state index is -3.87. The van der Waals surface area contributed by atoms with Crippen molar-refractivity contribution in [2.24, 2.45) is 0 Å². The first-order valence-electron chi connectivity index (χ1n) is 7.58. The zero-order valence-electron chi connectivity index (χ0n) is 12.9. The van der Waals surface area contributed by atoms with E-state index in [1.54, 1.807) is 12.1 Å². The lowest BCUT2D eigenvalue weighted by atomic mass is 10.2. The number of hydrogen-bond donors (Lipinski definition) is 1. The molecule has 126 valence electrons. The minimum Gasteiger partial charge on any atom is -0.372 e. The van der Waals surface area contributed by atoms with Crippen molar-refractivity contribution in [2.75, 3.05) is 22.7 Å². The molecule has 0 bridgehead atoms. The Labute approximate surface area is 140 Å². The molecule has 0 amide bonds. The third-order valence-corrected chi connectivity index (χ3v) is 5.31. The van der Waals surface area contributed by atoms with E-state index in [1.165, 1.54) is 31.0 Å². The molecule has 0 aliphatic carbocycles. The first-order valence-corrected chi connectivity index (χ1v) is 9.06. The highest BCUT2D eigenvalue weighted by molar-refractivity contribution is 7.92. The molecule has 0 aromatic heterocycles. The van der Waals surface area contributed by atoms with Gasteiger partial charge in [-0.3, -0.25) is 14.8 Å². The monoisotopic (exact) mass is 347 g/mol. The largest absolute Gasteiger partial charge is 0.372 e. The normalized spacial score (nSPS) is 14.6. The van der Waals surface area contributed by atoms with Crippen LogP contribution in [-0.4, -0.2) is 26.4 Å². The predicted molar refractivity (Wildman–Crippen MR) is 91.8 cm³/mol. The Morgan fingerprint density at radius 2 is 1.71 bits per heavy atom. The minimum absolute atomic E-state index is 0.139. The number of hydrogen-bond acceptors (Lipinski definition) is 5. The maximum absolute atomic E-state index is 12.4. The number of non-ortho nitro benzene ring substituents is 1. The van der Waals surface area contributed by atoms with Crippen molar-refractivity contribution in [1.82, 2.24) is 0 Å². The van der Waals surface area contributed by atoms with Crippen molar-refractivity contribution in [1.29, 1.82) is 0 Å². The zero-order chi connectivity index (χ0) is 17.2. The molecule has 0 atom stereocenters. The van der Waals surface area contributed by atoms with Gasteiger partial charge >= 0.3 is 0 Å². The van der Waals surface area contributed by atoms with Crippen molar-refractivity contribution in [3.63, 3.8) is 0 Å². The first-order chi connectivity index (χ1) is 11.5. The molecular formula is C16H17N3O4S. The third-order valence-electron chi connectivity index (χ3n) is 3.93. The molecule has 1 aliphatic heterocycles. The summed E-state index contributed by atoms with van der Waals surface area (Å²) in [6.45, 7) is 2.03. The van der Waals surface area contributed by atoms with E-state index in [0.29, 0.717) is 5.69 Å². The number of rotatable bonds is 5. The zero-order valence-corrected chi connectivity index (χ0v) is 13.7. The second-order valence-electron chi connectivity index (χ2n) is 5.60. The number of nitro groups is 1. The van der Waals surface area contributed by atoms with Gasteiger partial charge in [-0.25, -0.2) is 8.42 Å². The van der Waals surface area contributed by atoms with E-state index in [4.69, 9.17) is 0 Å². The fraction of sp³-hybridized carbons (Fsp3) is 0.250. The van der Waals surface area contributed by atoms with Crippen molar-refractivity contribution < 1.29 is 13.3 Å². The van der Waals surface area contributed by atoms with Gasteiger partial charge in [0.1, 0.15) is 0 Å². The average molecular weight is 347 g/mol. The van der Waals surface area contributed by atoms with Gasteiger partial charge in [0.15, 0.2) is 0 Å². The number of nitrogens with zero attached hydrogens (tertiary/aromatic N) is 2. The van der Waals surface area contributed by atoms with E-state index in [-0.39, 0.29) is 10.6 Å². The number of nitro benzene ring substituents is 1. The van der Waals surface area contributed by atoms with Crippen LogP contribution >= 0.6 is 0 Å². The van der Waals surface area contributed by atoms with E-state index in [2.05, 4.69) is 9.62 Å². The highest BCUT2D eigenvalue weighted by Gasteiger charge is 2.18. The Bertz CT molecular complexity index is 844. The van der Waals surface area contributed by atoms with Crippen LogP contribution in [0.3, 0.4) is 0 Å². The molecule has 3 rings (SSSR count). The summed E-state index contributed by atoms with van der Waals surface area (Å²) < 4.78 is 27.2. The highest BCUT2D eigenvalue weighted by Crippen LogP contribution is 2.24. The molecule has 1 heterocycles. The van der Waals surface area contributed by atoms with Gasteiger partial charge in [0.25, 0.3) is 15.7 Å². The fourth-order valence-corrected chi connectivity index (χ4v) is 3.79. The van der Waals surface area contributed by atoms with Gasteiger partial charge in [-0.1, -0.05) is 6.07 Å². The van der Waals surface area contributed by atoms with E-state index in [9.17, 15) is 18.5 Å². The van der Waals surface area contributed by atoms with Crippen LogP contribution in [0.1, 0.15) is 12.8 Å². The Kier molecular flexibility index (Phi) is 4.39. The summed E-state index contributed by atoms with van der Waals surface area (Å²) in [6.07, 6.45) is 2.34. The molecule has 1 fully saturated rings. The van der Waals surface area contributed by atoms with Gasteiger partial charge in [0, 0.05) is 36.6 Å². The lowest BCUT2D eigenvalue weighted by molar-refractivity contribution is -0.385. The Morgan fingerprint density at radius 3 is 2.33 bits per heavy atom. The van der Waals surface area contributed by atoms with Crippen LogP contribution in [0.2, 0.25) is 0 Å². The molecule has 0 unspecified atom stereocenters. The number of sulfonamides is 1. The smallest absolute Gasteiger partial charge is 0.270 e. The lowest BCUT2D eigenvalue weighted by Gasteiger charge is -2.18. The summed E-state index contributed by atoms with van der Waals surface area (Å²) >= 11 is 0. The molecule has 8 heteroatoms. The standard InChI is InChI=1S/C16H17N3O4S/c20-19(21)15-4-3-5-16(12-15)24(22,23)17-13-6-8-14(9-7-13)18-10-1-2-11-18/h3-9,12,17H,1-2,10-11H2. The van der Waals surface area contributed by atoms with Crippen molar-refractivity contribution in [3.05, 3.63) is 58.6 Å². The number of nitrogens with one attached hydrogen (secondary N) is 1. The van der Waals surface area contributed by atoms with Crippen LogP contribution in [-0.2, 0) is 10.0 Å². The summed E-state index contributed by atoms with van der Waals surface area (Å²) in [5.41, 5.74) is 1.22. The summed E-state index contributed by atoms with van der Waals surface area (Å²) in [5.74, 6) is 0. The molecule has 0 spiro atoms. The predicted octanol–water partition coefficient (Wildman–Crippen LogP) is 3.00. The average Bonchev–Trinajstić information content (AvgIpc) is 3.10. The first kappa shape index (κ1) is 16.3. The summed E-state index contributed by atoms with van der Waals surface area (Å²) in [6, 6.07) is 12.1. The molecule has 1 aliphatic rings. The fourth-order valence-electron chi connectivity index (χ4n) is 2.69. The Morgan fingerprint density at radius 1 is 1.04 bits per heavy atom. The molecule has 24 heavy (non-hydrogen) atoms. The van der Waals surface area contributed by atoms with E-state index in [0.717, 1.165) is 24.8 Å². The number of anilines is 2. The Hall–Kier alpha value is -2.61. The van der Waals surface area contributed by atoms with Crippen LogP contribution in [0.5, 0.6) is 0 Å². The second kappa shape index (κ2) is 6.48. The van der Waals surface area contributed by atoms with Gasteiger partial charge in [-0.05, 0) is 43.2 Å². The summed E-state index contributed by atoms with van der Waals surface area (Å²) in [5, 5.41) is 10.8. The van der Waals surface area contributed by atoms with Crippen LogP contribution < -0.4 is 9.62 Å². The highest BCUT2D eigenvalue weighted by atomic mass is 32.2. The molecule has 2 aromatic carbocycles. The Balaban J connectivity index is 1.79. The molecule has 1 N–H and O–H groups in total. The van der Waals surface area contributed by atoms with Crippen molar-refractivity contribution in [3.8, 4) is 0 Å². The molecule has 1 saturated heterocycles. The van der Waals surface area contributed by atoms with Crippen LogP contribution in [0, 0.1) is 10.1 Å². The number of benzene rings is 2. The van der Waals surface area contributed by atoms with E-state index < -0.39 is 14.9 Å². The van der Waals surface area contributed by atoms with Gasteiger partial charge < -0.3 is 4.90 Å². The van der Waals surface area contributed by atoms with Crippen molar-refractivity contribution in [2.45, 2.75) is 17.7 Å². The van der Waals surface area contributed by atoms with Crippen LogP contribution in [0.25, 0.3) is 0 Å². The molecule has 7 nitrogen and oxygen atoms in total. The maximum Gasteiger partial charge on any atom is 0.270 e. The molecule has 0 saturated carbocycles. The second-order valence-corrected chi connectivity index (χ2v) is 7.28. The third kappa shape index (κ3) is 3.48. The van der Waals surface area contributed by atoms with E-state index >= 15 is 0 Å². The van der Waals surface area contributed by atoms with Gasteiger partial charge in [-0.15, -0.1) is 0 Å². The topological polar surface area (TPSA) is 92.5 Å². The SMILES string of the molecule is O=[N+]([O-])c1cccc(S(=O)(=O)Nc2ccc(N3CCCC3)cc2)c1. The van der Waals surface area contributed by atoms with Crippen LogP contribution in [0.4, 0.5) is 17.1 Å². The lowest BCUT2D eigenvalue weighted by Crippen LogP contribution is -2.17. The van der Waals surface area contributed by atoms with Crippen LogP contribution in [0.15, 0.2) is 53.4 Å². The quantitative estimate of drug-likeness (QED) is 0.663. The van der Waals surface area contributed by atoms with Gasteiger partial charge in [-0.2, -0.15) is 0 Å². The summed E-state index contributed by atoms with van der Waals surface area (Å²) in [7, 11) is -3.87. The molecule has 0 radical (unpaired) electrons. The van der Waals surface area contributed by atoms with Gasteiger partial charge in [0.2, 0.25) is 0 Å². The molecule has 2 aromatic rings.